The van der Waals surface area contributed by atoms with Crippen molar-refractivity contribution >= 4 is 17.2 Å². The Morgan fingerprint density at radius 1 is 1.30 bits per heavy atom. The number of rotatable bonds is 7. The van der Waals surface area contributed by atoms with Crippen molar-refractivity contribution in [2.75, 3.05) is 29.9 Å². The molecular weight excluding hydrogens is 292 g/mol. The smallest absolute Gasteiger partial charge is 0.287 e. The number of anilines is 2. The third kappa shape index (κ3) is 4.42. The van der Waals surface area contributed by atoms with E-state index < -0.39 is 4.92 Å². The van der Waals surface area contributed by atoms with Gasteiger partial charge in [0, 0.05) is 31.4 Å². The fourth-order valence-corrected chi connectivity index (χ4v) is 2.45. The second kappa shape index (κ2) is 7.58. The first kappa shape index (κ1) is 16.7. The number of hydrogen-bond acceptors (Lipinski definition) is 5. The molecule has 0 aliphatic carbocycles. The van der Waals surface area contributed by atoms with E-state index in [-0.39, 0.29) is 5.69 Å². The SMILES string of the molecule is CCN(CCNc1ncc([N+](=O)[O-])cc1C)c1cccc(C)c1. The molecule has 2 rings (SSSR count). The van der Waals surface area contributed by atoms with E-state index in [0.717, 1.165) is 18.7 Å². The molecule has 0 saturated heterocycles. The van der Waals surface area contributed by atoms with E-state index in [4.69, 9.17) is 0 Å². The average molecular weight is 314 g/mol. The molecule has 1 N–H and O–H groups in total. The summed E-state index contributed by atoms with van der Waals surface area (Å²) >= 11 is 0. The first-order chi connectivity index (χ1) is 11.0. The maximum Gasteiger partial charge on any atom is 0.287 e. The van der Waals surface area contributed by atoms with Crippen LogP contribution >= 0.6 is 0 Å². The Labute approximate surface area is 136 Å². The number of nitro groups is 1. The van der Waals surface area contributed by atoms with Gasteiger partial charge in [-0.05, 0) is 44.0 Å². The molecule has 1 heterocycles. The van der Waals surface area contributed by atoms with Gasteiger partial charge < -0.3 is 10.2 Å². The first-order valence-corrected chi connectivity index (χ1v) is 7.67. The second-order valence-corrected chi connectivity index (χ2v) is 5.46. The van der Waals surface area contributed by atoms with Gasteiger partial charge in [0.1, 0.15) is 12.0 Å². The molecule has 0 unspecified atom stereocenters. The zero-order valence-corrected chi connectivity index (χ0v) is 13.7. The van der Waals surface area contributed by atoms with Crippen LogP contribution in [0.15, 0.2) is 36.5 Å². The lowest BCUT2D eigenvalue weighted by Gasteiger charge is -2.24. The van der Waals surface area contributed by atoms with Gasteiger partial charge in [0.05, 0.1) is 4.92 Å². The van der Waals surface area contributed by atoms with Crippen LogP contribution in [0.1, 0.15) is 18.1 Å². The lowest BCUT2D eigenvalue weighted by Crippen LogP contribution is -2.29. The van der Waals surface area contributed by atoms with Crippen molar-refractivity contribution in [2.45, 2.75) is 20.8 Å². The van der Waals surface area contributed by atoms with E-state index in [1.165, 1.54) is 23.5 Å². The van der Waals surface area contributed by atoms with Crippen LogP contribution in [0.25, 0.3) is 0 Å². The van der Waals surface area contributed by atoms with Gasteiger partial charge >= 0.3 is 0 Å². The molecule has 0 aliphatic heterocycles. The molecule has 6 nitrogen and oxygen atoms in total. The third-order valence-electron chi connectivity index (χ3n) is 3.70. The van der Waals surface area contributed by atoms with E-state index in [1.807, 2.05) is 6.92 Å². The number of aryl methyl sites for hydroxylation is 2. The average Bonchev–Trinajstić information content (AvgIpc) is 2.52. The summed E-state index contributed by atoms with van der Waals surface area (Å²) in [6.07, 6.45) is 1.29. The van der Waals surface area contributed by atoms with Crippen LogP contribution in [0.4, 0.5) is 17.2 Å². The molecule has 23 heavy (non-hydrogen) atoms. The predicted octanol–water partition coefficient (Wildman–Crippen LogP) is 3.55. The van der Waals surface area contributed by atoms with Crippen molar-refractivity contribution in [3.63, 3.8) is 0 Å². The Hall–Kier alpha value is -2.63. The lowest BCUT2D eigenvalue weighted by molar-refractivity contribution is -0.385. The Balaban J connectivity index is 1.97. The number of pyridine rings is 1. The van der Waals surface area contributed by atoms with Crippen molar-refractivity contribution in [3.05, 3.63) is 57.8 Å². The molecule has 0 bridgehead atoms. The number of likely N-dealkylation sites (N-methyl/N-ethyl adjacent to an activating group) is 1. The fourth-order valence-electron chi connectivity index (χ4n) is 2.45. The van der Waals surface area contributed by atoms with Gasteiger partial charge in [0.15, 0.2) is 0 Å². The van der Waals surface area contributed by atoms with E-state index in [9.17, 15) is 10.1 Å². The highest BCUT2D eigenvalue weighted by molar-refractivity contribution is 5.50. The minimum atomic E-state index is -0.430. The maximum atomic E-state index is 10.7. The molecule has 0 spiro atoms. The van der Waals surface area contributed by atoms with Gasteiger partial charge in [-0.3, -0.25) is 10.1 Å². The van der Waals surface area contributed by atoms with Crippen LogP contribution < -0.4 is 10.2 Å². The van der Waals surface area contributed by atoms with Crippen LogP contribution in [0, 0.1) is 24.0 Å². The minimum absolute atomic E-state index is 0.0167. The number of aromatic nitrogens is 1. The standard InChI is InChI=1S/C17H22N4O2/c1-4-20(15-7-5-6-13(2)10-15)9-8-18-17-14(3)11-16(12-19-17)21(22)23/h5-7,10-12H,4,8-9H2,1-3H3,(H,18,19). The molecule has 0 saturated carbocycles. The number of hydrogen-bond donors (Lipinski definition) is 1. The van der Waals surface area contributed by atoms with Gasteiger partial charge in [-0.25, -0.2) is 4.98 Å². The van der Waals surface area contributed by atoms with E-state index in [1.54, 1.807) is 0 Å². The zero-order chi connectivity index (χ0) is 16.8. The van der Waals surface area contributed by atoms with Crippen molar-refractivity contribution in [1.29, 1.82) is 0 Å². The Morgan fingerprint density at radius 2 is 2.09 bits per heavy atom. The lowest BCUT2D eigenvalue weighted by atomic mass is 10.2. The van der Waals surface area contributed by atoms with Gasteiger partial charge in [0.25, 0.3) is 5.69 Å². The summed E-state index contributed by atoms with van der Waals surface area (Å²) in [4.78, 5) is 16.7. The van der Waals surface area contributed by atoms with Gasteiger partial charge in [0.2, 0.25) is 0 Å². The number of benzene rings is 1. The number of nitrogens with zero attached hydrogens (tertiary/aromatic N) is 3. The Kier molecular flexibility index (Phi) is 5.51. The molecule has 0 aliphatic rings. The molecule has 2 aromatic rings. The molecule has 0 amide bonds. The van der Waals surface area contributed by atoms with Gasteiger partial charge in [-0.1, -0.05) is 12.1 Å². The summed E-state index contributed by atoms with van der Waals surface area (Å²) in [5, 5.41) is 14.0. The molecule has 0 radical (unpaired) electrons. The quantitative estimate of drug-likeness (QED) is 0.625. The zero-order valence-electron chi connectivity index (χ0n) is 13.7. The normalized spacial score (nSPS) is 10.4. The summed E-state index contributed by atoms with van der Waals surface area (Å²) in [5.41, 5.74) is 3.23. The van der Waals surface area contributed by atoms with Crippen molar-refractivity contribution in [2.24, 2.45) is 0 Å². The first-order valence-electron chi connectivity index (χ1n) is 7.67. The van der Waals surface area contributed by atoms with E-state index in [0.29, 0.717) is 12.4 Å². The van der Waals surface area contributed by atoms with Crippen molar-refractivity contribution in [1.82, 2.24) is 4.98 Å². The molecule has 0 atom stereocenters. The summed E-state index contributed by atoms with van der Waals surface area (Å²) in [7, 11) is 0. The molecule has 0 fully saturated rings. The van der Waals surface area contributed by atoms with Crippen LogP contribution in [0.2, 0.25) is 0 Å². The van der Waals surface area contributed by atoms with Crippen LogP contribution in [0.3, 0.4) is 0 Å². The van der Waals surface area contributed by atoms with E-state index >= 15 is 0 Å². The Bertz CT molecular complexity index is 688. The molecule has 6 heteroatoms. The fraction of sp³-hybridized carbons (Fsp3) is 0.353. The van der Waals surface area contributed by atoms with Crippen molar-refractivity contribution < 1.29 is 4.92 Å². The van der Waals surface area contributed by atoms with Crippen molar-refractivity contribution in [3.8, 4) is 0 Å². The summed E-state index contributed by atoms with van der Waals surface area (Å²) in [5.74, 6) is 0.691. The van der Waals surface area contributed by atoms with Gasteiger partial charge in [-0.2, -0.15) is 0 Å². The summed E-state index contributed by atoms with van der Waals surface area (Å²) in [6.45, 7) is 8.49. The maximum absolute atomic E-state index is 10.7. The summed E-state index contributed by atoms with van der Waals surface area (Å²) < 4.78 is 0. The second-order valence-electron chi connectivity index (χ2n) is 5.46. The molecule has 1 aromatic heterocycles. The molecule has 1 aromatic carbocycles. The number of nitrogens with one attached hydrogen (secondary N) is 1. The minimum Gasteiger partial charge on any atom is -0.370 e. The van der Waals surface area contributed by atoms with E-state index in [2.05, 4.69) is 53.3 Å². The van der Waals surface area contributed by atoms with Gasteiger partial charge in [-0.15, -0.1) is 0 Å². The van der Waals surface area contributed by atoms with Crippen LogP contribution in [-0.2, 0) is 0 Å². The topological polar surface area (TPSA) is 71.3 Å². The highest BCUT2D eigenvalue weighted by Crippen LogP contribution is 2.18. The largest absolute Gasteiger partial charge is 0.370 e. The monoisotopic (exact) mass is 314 g/mol. The highest BCUT2D eigenvalue weighted by Gasteiger charge is 2.10. The molecule has 122 valence electrons. The van der Waals surface area contributed by atoms with Crippen LogP contribution in [0.5, 0.6) is 0 Å². The molecular formula is C17H22N4O2. The Morgan fingerprint density at radius 3 is 2.70 bits per heavy atom. The third-order valence-corrected chi connectivity index (χ3v) is 3.70. The summed E-state index contributed by atoms with van der Waals surface area (Å²) in [6, 6.07) is 9.95. The van der Waals surface area contributed by atoms with Crippen LogP contribution in [-0.4, -0.2) is 29.5 Å². The highest BCUT2D eigenvalue weighted by atomic mass is 16.6. The predicted molar refractivity (Wildman–Crippen MR) is 93.2 cm³/mol.